The number of rotatable bonds is 7. The average Bonchev–Trinajstić information content (AvgIpc) is 3.22. The smallest absolute Gasteiger partial charge is 0.254 e. The fraction of sp³-hybridized carbons (Fsp3) is 0.370. The van der Waals surface area contributed by atoms with Gasteiger partial charge in [-0.25, -0.2) is 4.98 Å². The third kappa shape index (κ3) is 6.00. The summed E-state index contributed by atoms with van der Waals surface area (Å²) in [6.07, 6.45) is 2.02. The highest BCUT2D eigenvalue weighted by atomic mass is 32.1. The Balaban J connectivity index is 1.33. The molecule has 1 saturated heterocycles. The summed E-state index contributed by atoms with van der Waals surface area (Å²) in [4.78, 5) is 33.4. The molecule has 0 atom stereocenters. The van der Waals surface area contributed by atoms with Crippen LogP contribution in [0.5, 0.6) is 11.5 Å². The highest BCUT2D eigenvalue weighted by Gasteiger charge is 2.29. The van der Waals surface area contributed by atoms with Crippen LogP contribution in [0.3, 0.4) is 0 Å². The predicted molar refractivity (Wildman–Crippen MR) is 138 cm³/mol. The quantitative estimate of drug-likeness (QED) is 0.509. The SMILES string of the molecule is COc1cc(OC)cc(C(=O)N2CCC(C(=O)Nc3nc(C)c(Cc4ccc(C)cc4)s3)CC2)c1. The van der Waals surface area contributed by atoms with Crippen LogP contribution in [0.1, 0.15) is 44.9 Å². The third-order valence-electron chi connectivity index (χ3n) is 6.36. The largest absolute Gasteiger partial charge is 0.497 e. The van der Waals surface area contributed by atoms with Crippen LogP contribution in [0.25, 0.3) is 0 Å². The summed E-state index contributed by atoms with van der Waals surface area (Å²) in [6.45, 7) is 5.09. The van der Waals surface area contributed by atoms with Gasteiger partial charge < -0.3 is 19.7 Å². The Hall–Kier alpha value is -3.39. The number of hydrogen-bond acceptors (Lipinski definition) is 6. The van der Waals surface area contributed by atoms with E-state index in [-0.39, 0.29) is 17.7 Å². The zero-order chi connectivity index (χ0) is 24.9. The van der Waals surface area contributed by atoms with E-state index in [1.54, 1.807) is 37.3 Å². The molecule has 0 radical (unpaired) electrons. The number of aromatic nitrogens is 1. The Labute approximate surface area is 210 Å². The fourth-order valence-corrected chi connectivity index (χ4v) is 5.20. The number of thiazole rings is 1. The van der Waals surface area contributed by atoms with Gasteiger partial charge in [-0.3, -0.25) is 9.59 Å². The minimum absolute atomic E-state index is 0.0317. The lowest BCUT2D eigenvalue weighted by molar-refractivity contribution is -0.121. The summed E-state index contributed by atoms with van der Waals surface area (Å²) in [7, 11) is 3.12. The van der Waals surface area contributed by atoms with Crippen molar-refractivity contribution in [2.24, 2.45) is 5.92 Å². The average molecular weight is 494 g/mol. The van der Waals surface area contributed by atoms with E-state index < -0.39 is 0 Å². The van der Waals surface area contributed by atoms with E-state index in [9.17, 15) is 9.59 Å². The predicted octanol–water partition coefficient (Wildman–Crippen LogP) is 4.86. The Morgan fingerprint density at radius 2 is 1.66 bits per heavy atom. The number of hydrogen-bond donors (Lipinski definition) is 1. The number of benzene rings is 2. The van der Waals surface area contributed by atoms with Crippen molar-refractivity contribution in [1.82, 2.24) is 9.88 Å². The minimum atomic E-state index is -0.149. The second-order valence-electron chi connectivity index (χ2n) is 8.85. The molecule has 2 heterocycles. The first-order chi connectivity index (χ1) is 16.9. The summed E-state index contributed by atoms with van der Waals surface area (Å²) >= 11 is 1.53. The van der Waals surface area contributed by atoms with Crippen molar-refractivity contribution in [3.63, 3.8) is 0 Å². The van der Waals surface area contributed by atoms with Gasteiger partial charge in [0.25, 0.3) is 5.91 Å². The Bertz CT molecular complexity index is 1180. The first-order valence-electron chi connectivity index (χ1n) is 11.7. The zero-order valence-electron chi connectivity index (χ0n) is 20.6. The second-order valence-corrected chi connectivity index (χ2v) is 9.93. The normalized spacial score (nSPS) is 14.0. The molecule has 2 amide bonds. The minimum Gasteiger partial charge on any atom is -0.497 e. The van der Waals surface area contributed by atoms with E-state index in [1.165, 1.54) is 22.5 Å². The van der Waals surface area contributed by atoms with Crippen LogP contribution in [0.15, 0.2) is 42.5 Å². The topological polar surface area (TPSA) is 80.8 Å². The van der Waals surface area contributed by atoms with Gasteiger partial charge in [0, 0.05) is 41.9 Å². The molecule has 1 N–H and O–H groups in total. The number of carbonyl (C=O) groups excluding carboxylic acids is 2. The molecule has 1 fully saturated rings. The number of ether oxygens (including phenoxy) is 2. The van der Waals surface area contributed by atoms with Gasteiger partial charge >= 0.3 is 0 Å². The number of anilines is 1. The van der Waals surface area contributed by atoms with Gasteiger partial charge in [-0.1, -0.05) is 29.8 Å². The first kappa shape index (κ1) is 24.7. The first-order valence-corrected chi connectivity index (χ1v) is 12.5. The van der Waals surface area contributed by atoms with Crippen LogP contribution in [-0.2, 0) is 11.2 Å². The van der Waals surface area contributed by atoms with Crippen LogP contribution in [0.2, 0.25) is 0 Å². The Morgan fingerprint density at radius 1 is 1.03 bits per heavy atom. The van der Waals surface area contributed by atoms with Crippen LogP contribution >= 0.6 is 11.3 Å². The van der Waals surface area contributed by atoms with Crippen LogP contribution < -0.4 is 14.8 Å². The molecule has 0 saturated carbocycles. The van der Waals surface area contributed by atoms with Crippen LogP contribution in [0, 0.1) is 19.8 Å². The number of nitrogens with zero attached hydrogens (tertiary/aromatic N) is 2. The lowest BCUT2D eigenvalue weighted by Crippen LogP contribution is -2.41. The van der Waals surface area contributed by atoms with Gasteiger partial charge in [0.05, 0.1) is 19.9 Å². The highest BCUT2D eigenvalue weighted by Crippen LogP contribution is 2.28. The molecular formula is C27H31N3O4S. The molecule has 3 aromatic rings. The molecule has 4 rings (SSSR count). The Morgan fingerprint density at radius 3 is 2.26 bits per heavy atom. The summed E-state index contributed by atoms with van der Waals surface area (Å²) in [5, 5.41) is 3.64. The Kier molecular flexibility index (Phi) is 7.70. The number of methoxy groups -OCH3 is 2. The number of carbonyl (C=O) groups is 2. The molecule has 1 aromatic heterocycles. The lowest BCUT2D eigenvalue weighted by Gasteiger charge is -2.31. The van der Waals surface area contributed by atoms with Crippen molar-refractivity contribution >= 4 is 28.3 Å². The van der Waals surface area contributed by atoms with Crippen LogP contribution in [-0.4, -0.2) is 49.0 Å². The summed E-state index contributed by atoms with van der Waals surface area (Å²) < 4.78 is 10.6. The number of nitrogens with one attached hydrogen (secondary N) is 1. The molecule has 1 aliphatic heterocycles. The van der Waals surface area contributed by atoms with Gasteiger partial charge in [0.2, 0.25) is 5.91 Å². The summed E-state index contributed by atoms with van der Waals surface area (Å²) in [6, 6.07) is 13.6. The monoisotopic (exact) mass is 493 g/mol. The number of amides is 2. The molecule has 7 nitrogen and oxygen atoms in total. The molecule has 0 spiro atoms. The molecule has 0 aliphatic carbocycles. The van der Waals surface area contributed by atoms with E-state index in [0.717, 1.165) is 17.0 Å². The van der Waals surface area contributed by atoms with Crippen molar-refractivity contribution in [3.8, 4) is 11.5 Å². The van der Waals surface area contributed by atoms with Crippen molar-refractivity contribution < 1.29 is 19.1 Å². The molecule has 0 unspecified atom stereocenters. The van der Waals surface area contributed by atoms with Crippen molar-refractivity contribution in [3.05, 3.63) is 69.7 Å². The fourth-order valence-electron chi connectivity index (χ4n) is 4.20. The number of piperidine rings is 1. The maximum absolute atomic E-state index is 13.0. The van der Waals surface area contributed by atoms with Crippen molar-refractivity contribution in [1.29, 1.82) is 0 Å². The molecule has 2 aromatic carbocycles. The van der Waals surface area contributed by atoms with Gasteiger partial charge in [0.1, 0.15) is 11.5 Å². The van der Waals surface area contributed by atoms with Gasteiger partial charge in [0.15, 0.2) is 5.13 Å². The molecule has 35 heavy (non-hydrogen) atoms. The van der Waals surface area contributed by atoms with Crippen LogP contribution in [0.4, 0.5) is 5.13 Å². The second kappa shape index (κ2) is 10.9. The molecular weight excluding hydrogens is 462 g/mol. The van der Waals surface area contributed by atoms with E-state index in [4.69, 9.17) is 9.47 Å². The molecule has 1 aliphatic rings. The maximum Gasteiger partial charge on any atom is 0.254 e. The summed E-state index contributed by atoms with van der Waals surface area (Å²) in [5.41, 5.74) is 3.92. The maximum atomic E-state index is 13.0. The lowest BCUT2D eigenvalue weighted by atomic mass is 9.95. The van der Waals surface area contributed by atoms with E-state index in [0.29, 0.717) is 48.1 Å². The third-order valence-corrected chi connectivity index (χ3v) is 7.43. The molecule has 0 bridgehead atoms. The van der Waals surface area contributed by atoms with E-state index in [2.05, 4.69) is 41.5 Å². The van der Waals surface area contributed by atoms with Crippen molar-refractivity contribution in [2.45, 2.75) is 33.1 Å². The standard InChI is InChI=1S/C27H31N3O4S/c1-17-5-7-19(8-6-17)13-24-18(2)28-27(35-24)29-25(31)20-9-11-30(12-10-20)26(32)21-14-22(33-3)16-23(15-21)34-4/h5-8,14-16,20H,9-13H2,1-4H3,(H,28,29,31). The van der Waals surface area contributed by atoms with E-state index >= 15 is 0 Å². The molecule has 184 valence electrons. The highest BCUT2D eigenvalue weighted by molar-refractivity contribution is 7.15. The van der Waals surface area contributed by atoms with E-state index in [1.807, 2.05) is 6.92 Å². The summed E-state index contributed by atoms with van der Waals surface area (Å²) in [5.74, 6) is 0.877. The van der Waals surface area contributed by atoms with Gasteiger partial charge in [-0.2, -0.15) is 0 Å². The number of likely N-dealkylation sites (tertiary alicyclic amines) is 1. The zero-order valence-corrected chi connectivity index (χ0v) is 21.4. The number of aryl methyl sites for hydroxylation is 2. The van der Waals surface area contributed by atoms with Gasteiger partial charge in [-0.05, 0) is 44.4 Å². The van der Waals surface area contributed by atoms with Gasteiger partial charge in [-0.15, -0.1) is 11.3 Å². The molecule has 8 heteroatoms. The van der Waals surface area contributed by atoms with Crippen molar-refractivity contribution in [2.75, 3.05) is 32.6 Å².